The molecule has 0 aliphatic carbocycles. The third kappa shape index (κ3) is 1.26. The summed E-state index contributed by atoms with van der Waals surface area (Å²) >= 11 is 0. The van der Waals surface area contributed by atoms with E-state index >= 15 is 0 Å². The SMILES string of the molecule is COc1cccc2cccc(C)c12. The van der Waals surface area contributed by atoms with E-state index in [2.05, 4.69) is 31.2 Å². The van der Waals surface area contributed by atoms with Crippen LogP contribution in [0, 0.1) is 6.92 Å². The number of methoxy groups -OCH3 is 1. The number of ether oxygens (including phenoxy) is 1. The van der Waals surface area contributed by atoms with Crippen molar-refractivity contribution in [3.63, 3.8) is 0 Å². The van der Waals surface area contributed by atoms with Crippen molar-refractivity contribution in [2.24, 2.45) is 0 Å². The fourth-order valence-electron chi connectivity index (χ4n) is 1.66. The third-order valence-corrected chi connectivity index (χ3v) is 2.29. The number of aryl methyl sites for hydroxylation is 1. The van der Waals surface area contributed by atoms with Gasteiger partial charge in [0.1, 0.15) is 5.75 Å². The molecule has 1 heteroatoms. The first-order chi connectivity index (χ1) is 6.33. The van der Waals surface area contributed by atoms with Crippen LogP contribution in [0.15, 0.2) is 36.4 Å². The minimum absolute atomic E-state index is 0.954. The summed E-state index contributed by atoms with van der Waals surface area (Å²) in [4.78, 5) is 0. The average Bonchev–Trinajstić information content (AvgIpc) is 2.17. The second-order valence-electron chi connectivity index (χ2n) is 3.13. The Morgan fingerprint density at radius 3 is 2.38 bits per heavy atom. The van der Waals surface area contributed by atoms with E-state index in [1.54, 1.807) is 7.11 Å². The zero-order valence-electron chi connectivity index (χ0n) is 7.87. The molecule has 0 radical (unpaired) electrons. The molecule has 1 nitrogen and oxygen atoms in total. The van der Waals surface area contributed by atoms with Crippen LogP contribution < -0.4 is 4.74 Å². The molecule has 0 saturated carbocycles. The first-order valence-corrected chi connectivity index (χ1v) is 4.35. The molecule has 0 aliphatic heterocycles. The number of fused-ring (bicyclic) bond motifs is 1. The van der Waals surface area contributed by atoms with Crippen molar-refractivity contribution in [1.82, 2.24) is 0 Å². The molecule has 0 spiro atoms. The van der Waals surface area contributed by atoms with Gasteiger partial charge in [-0.15, -0.1) is 0 Å². The number of hydrogen-bond donors (Lipinski definition) is 0. The Balaban J connectivity index is 2.87. The van der Waals surface area contributed by atoms with E-state index in [0.29, 0.717) is 0 Å². The molecule has 0 N–H and O–H groups in total. The van der Waals surface area contributed by atoms with Gasteiger partial charge >= 0.3 is 0 Å². The zero-order valence-corrected chi connectivity index (χ0v) is 7.87. The lowest BCUT2D eigenvalue weighted by atomic mass is 10.1. The Bertz CT molecular complexity index is 427. The normalized spacial score (nSPS) is 10.3. The molecule has 0 aromatic heterocycles. The summed E-state index contributed by atoms with van der Waals surface area (Å²) < 4.78 is 5.31. The van der Waals surface area contributed by atoms with Crippen molar-refractivity contribution in [2.45, 2.75) is 6.92 Å². The summed E-state index contributed by atoms with van der Waals surface area (Å²) in [7, 11) is 1.71. The largest absolute Gasteiger partial charge is 0.496 e. The highest BCUT2D eigenvalue weighted by Gasteiger charge is 2.01. The van der Waals surface area contributed by atoms with E-state index < -0.39 is 0 Å². The highest BCUT2D eigenvalue weighted by Crippen LogP contribution is 2.27. The summed E-state index contributed by atoms with van der Waals surface area (Å²) in [5, 5.41) is 2.45. The molecule has 2 aromatic rings. The fraction of sp³-hybridized carbons (Fsp3) is 0.167. The van der Waals surface area contributed by atoms with Gasteiger partial charge in [-0.2, -0.15) is 0 Å². The Labute approximate surface area is 78.0 Å². The molecule has 0 aliphatic rings. The summed E-state index contributed by atoms with van der Waals surface area (Å²) in [5.41, 5.74) is 1.26. The van der Waals surface area contributed by atoms with Gasteiger partial charge in [-0.3, -0.25) is 0 Å². The van der Waals surface area contributed by atoms with Crippen molar-refractivity contribution in [3.05, 3.63) is 42.0 Å². The lowest BCUT2D eigenvalue weighted by Gasteiger charge is -2.07. The van der Waals surface area contributed by atoms with Crippen molar-refractivity contribution >= 4 is 10.8 Å². The number of rotatable bonds is 1. The van der Waals surface area contributed by atoms with Crippen molar-refractivity contribution in [3.8, 4) is 5.75 Å². The highest BCUT2D eigenvalue weighted by molar-refractivity contribution is 5.91. The second-order valence-corrected chi connectivity index (χ2v) is 3.13. The fourth-order valence-corrected chi connectivity index (χ4v) is 1.66. The monoisotopic (exact) mass is 172 g/mol. The van der Waals surface area contributed by atoms with Crippen LogP contribution in [0.2, 0.25) is 0 Å². The summed E-state index contributed by atoms with van der Waals surface area (Å²) in [6, 6.07) is 12.4. The van der Waals surface area contributed by atoms with Gasteiger partial charge in [0.25, 0.3) is 0 Å². The van der Waals surface area contributed by atoms with E-state index in [9.17, 15) is 0 Å². The van der Waals surface area contributed by atoms with Crippen LogP contribution in [0.4, 0.5) is 0 Å². The topological polar surface area (TPSA) is 9.23 Å². The maximum atomic E-state index is 5.31. The van der Waals surface area contributed by atoms with Gasteiger partial charge < -0.3 is 4.74 Å². The van der Waals surface area contributed by atoms with Gasteiger partial charge in [0.15, 0.2) is 0 Å². The maximum absolute atomic E-state index is 5.31. The molecule has 0 saturated heterocycles. The first kappa shape index (κ1) is 8.11. The Morgan fingerprint density at radius 1 is 1.00 bits per heavy atom. The van der Waals surface area contributed by atoms with Crippen LogP contribution in [0.5, 0.6) is 5.75 Å². The van der Waals surface area contributed by atoms with Crippen LogP contribution in [-0.2, 0) is 0 Å². The minimum atomic E-state index is 0.954. The molecular formula is C12H12O. The highest BCUT2D eigenvalue weighted by atomic mass is 16.5. The van der Waals surface area contributed by atoms with E-state index in [4.69, 9.17) is 4.74 Å². The standard InChI is InChI=1S/C12H12O/c1-9-5-3-6-10-7-4-8-11(13-2)12(9)10/h3-8H,1-2H3. The minimum Gasteiger partial charge on any atom is -0.496 e. The van der Waals surface area contributed by atoms with Gasteiger partial charge in [-0.1, -0.05) is 30.3 Å². The number of hydrogen-bond acceptors (Lipinski definition) is 1. The Kier molecular flexibility index (Phi) is 1.93. The second kappa shape index (κ2) is 3.09. The summed E-state index contributed by atoms with van der Waals surface area (Å²) in [5.74, 6) is 0.954. The van der Waals surface area contributed by atoms with Crippen molar-refractivity contribution in [1.29, 1.82) is 0 Å². The van der Waals surface area contributed by atoms with Crippen LogP contribution in [0.3, 0.4) is 0 Å². The number of benzene rings is 2. The van der Waals surface area contributed by atoms with E-state index in [-0.39, 0.29) is 0 Å². The first-order valence-electron chi connectivity index (χ1n) is 4.35. The smallest absolute Gasteiger partial charge is 0.126 e. The van der Waals surface area contributed by atoms with E-state index in [0.717, 1.165) is 5.75 Å². The van der Waals surface area contributed by atoms with Crippen LogP contribution in [0.1, 0.15) is 5.56 Å². The Hall–Kier alpha value is -1.50. The molecule has 0 fully saturated rings. The predicted molar refractivity (Wildman–Crippen MR) is 55.2 cm³/mol. The van der Waals surface area contributed by atoms with E-state index in [1.165, 1.54) is 16.3 Å². The zero-order chi connectivity index (χ0) is 9.26. The molecule has 0 amide bonds. The summed E-state index contributed by atoms with van der Waals surface area (Å²) in [6.07, 6.45) is 0. The molecule has 2 aromatic carbocycles. The average molecular weight is 172 g/mol. The van der Waals surface area contributed by atoms with Gasteiger partial charge in [-0.25, -0.2) is 0 Å². The molecule has 66 valence electrons. The van der Waals surface area contributed by atoms with Gasteiger partial charge in [0.05, 0.1) is 7.11 Å². The van der Waals surface area contributed by atoms with Gasteiger partial charge in [0, 0.05) is 5.39 Å². The van der Waals surface area contributed by atoms with Crippen LogP contribution in [-0.4, -0.2) is 7.11 Å². The molecule has 0 unspecified atom stereocenters. The molecule has 0 heterocycles. The Morgan fingerprint density at radius 2 is 1.69 bits per heavy atom. The lowest BCUT2D eigenvalue weighted by Crippen LogP contribution is -1.86. The lowest BCUT2D eigenvalue weighted by molar-refractivity contribution is 0.419. The molecule has 0 bridgehead atoms. The van der Waals surface area contributed by atoms with Crippen molar-refractivity contribution in [2.75, 3.05) is 7.11 Å². The quantitative estimate of drug-likeness (QED) is 0.642. The molecule has 0 atom stereocenters. The van der Waals surface area contributed by atoms with Crippen LogP contribution in [0.25, 0.3) is 10.8 Å². The predicted octanol–water partition coefficient (Wildman–Crippen LogP) is 3.16. The molecule has 13 heavy (non-hydrogen) atoms. The van der Waals surface area contributed by atoms with Crippen LogP contribution >= 0.6 is 0 Å². The summed E-state index contributed by atoms with van der Waals surface area (Å²) in [6.45, 7) is 2.10. The third-order valence-electron chi connectivity index (χ3n) is 2.29. The molecular weight excluding hydrogens is 160 g/mol. The maximum Gasteiger partial charge on any atom is 0.126 e. The van der Waals surface area contributed by atoms with Crippen molar-refractivity contribution < 1.29 is 4.74 Å². The molecule has 2 rings (SSSR count). The van der Waals surface area contributed by atoms with Gasteiger partial charge in [0.2, 0.25) is 0 Å². The van der Waals surface area contributed by atoms with E-state index in [1.807, 2.05) is 12.1 Å². The van der Waals surface area contributed by atoms with Gasteiger partial charge in [-0.05, 0) is 23.9 Å².